The van der Waals surface area contributed by atoms with Crippen LogP contribution in [0.2, 0.25) is 0 Å². The lowest BCUT2D eigenvalue weighted by Gasteiger charge is -2.11. The van der Waals surface area contributed by atoms with Gasteiger partial charge in [0.25, 0.3) is 0 Å². The summed E-state index contributed by atoms with van der Waals surface area (Å²) in [6, 6.07) is 13.8. The van der Waals surface area contributed by atoms with Crippen LogP contribution in [-0.2, 0) is 11.4 Å². The summed E-state index contributed by atoms with van der Waals surface area (Å²) in [7, 11) is 0. The molecule has 6 heteroatoms. The van der Waals surface area contributed by atoms with Gasteiger partial charge in [-0.25, -0.2) is 4.39 Å². The van der Waals surface area contributed by atoms with Crippen molar-refractivity contribution in [2.45, 2.75) is 17.2 Å². The first-order chi connectivity index (χ1) is 11.1. The van der Waals surface area contributed by atoms with E-state index in [0.717, 1.165) is 11.1 Å². The van der Waals surface area contributed by atoms with Crippen LogP contribution >= 0.6 is 11.8 Å². The van der Waals surface area contributed by atoms with E-state index >= 15 is 0 Å². The predicted octanol–water partition coefficient (Wildman–Crippen LogP) is 3.19. The number of carboxylic acid groups (broad SMARTS) is 1. The Bertz CT molecular complexity index is 692. The Kier molecular flexibility index (Phi) is 4.83. The molecule has 1 aliphatic rings. The monoisotopic (exact) mass is 333 g/mol. The number of carboxylic acids is 1. The molecule has 0 radical (unpaired) electrons. The molecule has 2 aromatic carbocycles. The fourth-order valence-electron chi connectivity index (χ4n) is 2.35. The molecular formula is C17H16FNO3S. The molecule has 1 heterocycles. The highest BCUT2D eigenvalue weighted by atomic mass is 32.2. The number of rotatable bonds is 5. The van der Waals surface area contributed by atoms with E-state index in [1.807, 2.05) is 30.3 Å². The summed E-state index contributed by atoms with van der Waals surface area (Å²) in [5, 5.41) is 11.8. The Hall–Kier alpha value is -2.05. The third-order valence-corrected chi connectivity index (χ3v) is 4.95. The summed E-state index contributed by atoms with van der Waals surface area (Å²) in [4.78, 5) is 11.0. The van der Waals surface area contributed by atoms with Crippen molar-refractivity contribution < 1.29 is 19.0 Å². The molecule has 0 spiro atoms. The van der Waals surface area contributed by atoms with Gasteiger partial charge in [-0.05, 0) is 35.4 Å². The largest absolute Gasteiger partial charge is 0.489 e. The van der Waals surface area contributed by atoms with Crippen LogP contribution in [0, 0.1) is 5.82 Å². The highest BCUT2D eigenvalue weighted by Gasteiger charge is 2.30. The van der Waals surface area contributed by atoms with Crippen molar-refractivity contribution in [2.75, 3.05) is 6.54 Å². The second kappa shape index (κ2) is 7.02. The lowest BCUT2D eigenvalue weighted by Crippen LogP contribution is -2.21. The first-order valence-corrected chi connectivity index (χ1v) is 8.15. The fourth-order valence-corrected chi connectivity index (χ4v) is 3.49. The summed E-state index contributed by atoms with van der Waals surface area (Å²) >= 11 is 1.40. The smallest absolute Gasteiger partial charge is 0.318 e. The zero-order chi connectivity index (χ0) is 16.2. The quantitative estimate of drug-likeness (QED) is 0.880. The molecule has 2 atom stereocenters. The standard InChI is InChI=1S/C17H16FNO3S/c18-13-3-1-2-11(8-13)10-22-14-6-4-12(5-7-14)16-19-9-15(23-16)17(20)21/h1-8,15-16,19H,9-10H2,(H,20,21)/t15-,16-/m0/s1. The SMILES string of the molecule is O=C(O)[C@@H]1CN[C@H](c2ccc(OCc3cccc(F)c3)cc2)S1. The number of thioether (sulfide) groups is 1. The molecule has 2 aromatic rings. The molecule has 0 saturated carbocycles. The lowest BCUT2D eigenvalue weighted by molar-refractivity contribution is -0.136. The molecule has 1 fully saturated rings. The van der Waals surface area contributed by atoms with Crippen LogP contribution in [0.3, 0.4) is 0 Å². The number of hydrogen-bond donors (Lipinski definition) is 2. The Morgan fingerprint density at radius 1 is 1.30 bits per heavy atom. The van der Waals surface area contributed by atoms with Gasteiger partial charge in [0, 0.05) is 6.54 Å². The Balaban J connectivity index is 1.58. The molecular weight excluding hydrogens is 317 g/mol. The molecule has 0 unspecified atom stereocenters. The Morgan fingerprint density at radius 2 is 2.09 bits per heavy atom. The maximum absolute atomic E-state index is 13.1. The predicted molar refractivity (Wildman–Crippen MR) is 86.9 cm³/mol. The van der Waals surface area contributed by atoms with Crippen LogP contribution in [0.25, 0.3) is 0 Å². The van der Waals surface area contributed by atoms with Gasteiger partial charge in [-0.3, -0.25) is 10.1 Å². The molecule has 3 rings (SSSR count). The van der Waals surface area contributed by atoms with Crippen molar-refractivity contribution in [1.82, 2.24) is 5.32 Å². The molecule has 1 aliphatic heterocycles. The zero-order valence-electron chi connectivity index (χ0n) is 12.2. The van der Waals surface area contributed by atoms with Crippen LogP contribution in [0.5, 0.6) is 5.75 Å². The third-order valence-electron chi connectivity index (χ3n) is 3.54. The summed E-state index contributed by atoms with van der Waals surface area (Å²) in [5.74, 6) is -0.380. The van der Waals surface area contributed by atoms with Gasteiger partial charge in [-0.1, -0.05) is 24.3 Å². The van der Waals surface area contributed by atoms with E-state index in [0.29, 0.717) is 18.9 Å². The molecule has 23 heavy (non-hydrogen) atoms. The maximum Gasteiger partial charge on any atom is 0.318 e. The van der Waals surface area contributed by atoms with Crippen molar-refractivity contribution in [1.29, 1.82) is 0 Å². The number of ether oxygens (including phenoxy) is 1. The van der Waals surface area contributed by atoms with E-state index in [1.165, 1.54) is 23.9 Å². The van der Waals surface area contributed by atoms with E-state index in [1.54, 1.807) is 6.07 Å². The van der Waals surface area contributed by atoms with Crippen molar-refractivity contribution >= 4 is 17.7 Å². The van der Waals surface area contributed by atoms with Crippen molar-refractivity contribution in [3.8, 4) is 5.75 Å². The van der Waals surface area contributed by atoms with Crippen LogP contribution in [0.4, 0.5) is 4.39 Å². The summed E-state index contributed by atoms with van der Waals surface area (Å²) < 4.78 is 18.7. The second-order valence-electron chi connectivity index (χ2n) is 5.24. The van der Waals surface area contributed by atoms with Gasteiger partial charge in [-0.15, -0.1) is 11.8 Å². The summed E-state index contributed by atoms with van der Waals surface area (Å²) in [6.07, 6.45) is 0. The average molecular weight is 333 g/mol. The van der Waals surface area contributed by atoms with E-state index in [2.05, 4.69) is 5.32 Å². The fraction of sp³-hybridized carbons (Fsp3) is 0.235. The van der Waals surface area contributed by atoms with Gasteiger partial charge < -0.3 is 9.84 Å². The highest BCUT2D eigenvalue weighted by molar-refractivity contribution is 8.01. The van der Waals surface area contributed by atoms with E-state index in [9.17, 15) is 9.18 Å². The number of benzene rings is 2. The minimum Gasteiger partial charge on any atom is -0.489 e. The minimum atomic E-state index is -0.792. The Morgan fingerprint density at radius 3 is 2.74 bits per heavy atom. The topological polar surface area (TPSA) is 58.6 Å². The average Bonchev–Trinajstić information content (AvgIpc) is 3.04. The summed E-state index contributed by atoms with van der Waals surface area (Å²) in [5.41, 5.74) is 1.78. The van der Waals surface area contributed by atoms with E-state index in [-0.39, 0.29) is 11.2 Å². The molecule has 0 bridgehead atoms. The van der Waals surface area contributed by atoms with Gasteiger partial charge in [0.2, 0.25) is 0 Å². The molecule has 0 amide bonds. The first-order valence-electron chi connectivity index (χ1n) is 7.21. The van der Waals surface area contributed by atoms with Gasteiger partial charge in [-0.2, -0.15) is 0 Å². The Labute approximate surface area is 137 Å². The summed E-state index contributed by atoms with van der Waals surface area (Å²) in [6.45, 7) is 0.761. The first kappa shape index (κ1) is 15.8. The van der Waals surface area contributed by atoms with Crippen LogP contribution < -0.4 is 10.1 Å². The van der Waals surface area contributed by atoms with Crippen LogP contribution in [0.15, 0.2) is 48.5 Å². The van der Waals surface area contributed by atoms with E-state index < -0.39 is 11.2 Å². The molecule has 1 saturated heterocycles. The number of nitrogens with one attached hydrogen (secondary N) is 1. The van der Waals surface area contributed by atoms with Crippen molar-refractivity contribution in [2.24, 2.45) is 0 Å². The normalized spacial score (nSPS) is 20.4. The number of hydrogen-bond acceptors (Lipinski definition) is 4. The third kappa shape index (κ3) is 4.03. The zero-order valence-corrected chi connectivity index (χ0v) is 13.1. The van der Waals surface area contributed by atoms with Crippen molar-refractivity contribution in [3.05, 3.63) is 65.5 Å². The molecule has 4 nitrogen and oxygen atoms in total. The van der Waals surface area contributed by atoms with Crippen LogP contribution in [-0.4, -0.2) is 22.9 Å². The van der Waals surface area contributed by atoms with Gasteiger partial charge in [0.15, 0.2) is 0 Å². The molecule has 0 aliphatic carbocycles. The van der Waals surface area contributed by atoms with Gasteiger partial charge in [0.05, 0.1) is 5.37 Å². The van der Waals surface area contributed by atoms with Crippen LogP contribution in [0.1, 0.15) is 16.5 Å². The van der Waals surface area contributed by atoms with Gasteiger partial charge in [0.1, 0.15) is 23.4 Å². The number of halogens is 1. The molecule has 120 valence electrons. The lowest BCUT2D eigenvalue weighted by atomic mass is 10.2. The maximum atomic E-state index is 13.1. The second-order valence-corrected chi connectivity index (χ2v) is 6.55. The minimum absolute atomic E-state index is 0.0200. The molecule has 0 aromatic heterocycles. The van der Waals surface area contributed by atoms with E-state index in [4.69, 9.17) is 9.84 Å². The number of carbonyl (C=O) groups is 1. The highest BCUT2D eigenvalue weighted by Crippen LogP contribution is 2.35. The number of aliphatic carboxylic acids is 1. The van der Waals surface area contributed by atoms with Gasteiger partial charge >= 0.3 is 5.97 Å². The molecule has 2 N–H and O–H groups in total. The van der Waals surface area contributed by atoms with Crippen molar-refractivity contribution in [3.63, 3.8) is 0 Å².